The lowest BCUT2D eigenvalue weighted by atomic mass is 10.1. The number of carbonyl (C=O) groups excluding carboxylic acids is 2. The quantitative estimate of drug-likeness (QED) is 0.482. The van der Waals surface area contributed by atoms with E-state index in [1.165, 1.54) is 0 Å². The fourth-order valence-electron chi connectivity index (χ4n) is 1.14. The van der Waals surface area contributed by atoms with Crippen LogP contribution in [0.4, 0.5) is 0 Å². The second-order valence-corrected chi connectivity index (χ2v) is 3.37. The molecular weight excluding hydrogens is 172 g/mol. The molecule has 2 amide bonds. The lowest BCUT2D eigenvalue weighted by Gasteiger charge is -2.19. The number of rotatable bonds is 3. The molecule has 74 valence electrons. The molecule has 5 nitrogen and oxygen atoms in total. The van der Waals surface area contributed by atoms with E-state index in [1.54, 1.807) is 13.8 Å². The van der Waals surface area contributed by atoms with Crippen molar-refractivity contribution in [3.8, 4) is 0 Å². The second-order valence-electron chi connectivity index (χ2n) is 3.37. The van der Waals surface area contributed by atoms with Gasteiger partial charge in [-0.25, -0.2) is 0 Å². The first-order chi connectivity index (χ1) is 6.00. The molecule has 1 aliphatic rings. The van der Waals surface area contributed by atoms with Crippen LogP contribution >= 0.6 is 0 Å². The van der Waals surface area contributed by atoms with E-state index >= 15 is 0 Å². The summed E-state index contributed by atoms with van der Waals surface area (Å²) < 4.78 is 0. The number of imide groups is 1. The average molecular weight is 186 g/mol. The predicted molar refractivity (Wildman–Crippen MR) is 45.8 cm³/mol. The van der Waals surface area contributed by atoms with E-state index in [4.69, 9.17) is 5.11 Å². The van der Waals surface area contributed by atoms with Crippen LogP contribution in [0.3, 0.4) is 0 Å². The Balaban J connectivity index is 2.46. The van der Waals surface area contributed by atoms with Gasteiger partial charge in [0.05, 0.1) is 18.6 Å². The Bertz CT molecular complexity index is 227. The maximum absolute atomic E-state index is 11.1. The van der Waals surface area contributed by atoms with Crippen LogP contribution in [-0.4, -0.2) is 35.1 Å². The number of nitrogens with one attached hydrogen (secondary N) is 2. The Labute approximate surface area is 76.5 Å². The number of amides is 2. The number of aliphatic hydroxyl groups is 1. The molecule has 0 spiro atoms. The summed E-state index contributed by atoms with van der Waals surface area (Å²) >= 11 is 0. The summed E-state index contributed by atoms with van der Waals surface area (Å²) in [6.45, 7) is 3.40. The molecule has 1 aliphatic heterocycles. The minimum absolute atomic E-state index is 0.163. The molecule has 1 rings (SSSR count). The van der Waals surface area contributed by atoms with Gasteiger partial charge >= 0.3 is 0 Å². The van der Waals surface area contributed by atoms with E-state index in [-0.39, 0.29) is 24.3 Å². The van der Waals surface area contributed by atoms with Gasteiger partial charge in [-0.3, -0.25) is 14.9 Å². The third-order valence-electron chi connectivity index (χ3n) is 2.16. The van der Waals surface area contributed by atoms with Gasteiger partial charge in [0.1, 0.15) is 0 Å². The van der Waals surface area contributed by atoms with E-state index in [1.807, 2.05) is 0 Å². The van der Waals surface area contributed by atoms with Gasteiger partial charge in [0.15, 0.2) is 0 Å². The minimum atomic E-state index is -0.538. The molecule has 0 radical (unpaired) electrons. The normalized spacial score (nSPS) is 27.2. The Kier molecular flexibility index (Phi) is 3.00. The Morgan fingerprint density at radius 3 is 2.54 bits per heavy atom. The zero-order valence-corrected chi connectivity index (χ0v) is 7.70. The van der Waals surface area contributed by atoms with Gasteiger partial charge in [-0.1, -0.05) is 0 Å². The lowest BCUT2D eigenvalue weighted by molar-refractivity contribution is -0.125. The maximum atomic E-state index is 11.1. The fraction of sp³-hybridized carbons (Fsp3) is 0.750. The van der Waals surface area contributed by atoms with Crippen molar-refractivity contribution in [3.63, 3.8) is 0 Å². The highest BCUT2D eigenvalue weighted by molar-refractivity contribution is 6.05. The zero-order valence-electron chi connectivity index (χ0n) is 7.70. The molecule has 0 aromatic heterocycles. The van der Waals surface area contributed by atoms with E-state index < -0.39 is 12.1 Å². The Morgan fingerprint density at radius 1 is 1.54 bits per heavy atom. The highest BCUT2D eigenvalue weighted by Gasteiger charge is 2.31. The van der Waals surface area contributed by atoms with E-state index in [2.05, 4.69) is 10.6 Å². The monoisotopic (exact) mass is 186 g/mol. The SMILES string of the molecule is CC(O)C(C)NC1CC(=O)NC1=O. The number of hydrogen-bond acceptors (Lipinski definition) is 4. The number of carbonyl (C=O) groups is 2. The molecule has 1 heterocycles. The number of hydrogen-bond donors (Lipinski definition) is 3. The van der Waals surface area contributed by atoms with Crippen LogP contribution in [-0.2, 0) is 9.59 Å². The van der Waals surface area contributed by atoms with Gasteiger partial charge in [0, 0.05) is 6.04 Å². The zero-order chi connectivity index (χ0) is 10.0. The summed E-state index contributed by atoms with van der Waals surface area (Å²) in [6, 6.07) is -0.682. The molecule has 13 heavy (non-hydrogen) atoms. The molecule has 0 bridgehead atoms. The molecule has 3 unspecified atom stereocenters. The molecule has 1 fully saturated rings. The molecule has 0 aromatic rings. The first-order valence-corrected chi connectivity index (χ1v) is 4.28. The summed E-state index contributed by atoms with van der Waals surface area (Å²) in [5, 5.41) is 14.2. The first-order valence-electron chi connectivity index (χ1n) is 4.28. The maximum Gasteiger partial charge on any atom is 0.244 e. The molecule has 1 saturated heterocycles. The van der Waals surface area contributed by atoms with Gasteiger partial charge in [-0.15, -0.1) is 0 Å². The van der Waals surface area contributed by atoms with Crippen molar-refractivity contribution in [2.24, 2.45) is 0 Å². The molecule has 0 aromatic carbocycles. The standard InChI is InChI=1S/C8H14N2O3/c1-4(5(2)11)9-6-3-7(12)10-8(6)13/h4-6,9,11H,3H2,1-2H3,(H,10,12,13). The third kappa shape index (κ3) is 2.50. The molecule has 5 heteroatoms. The van der Waals surface area contributed by atoms with Gasteiger partial charge in [-0.2, -0.15) is 0 Å². The average Bonchev–Trinajstić information content (AvgIpc) is 2.30. The van der Waals surface area contributed by atoms with Crippen LogP contribution in [0.5, 0.6) is 0 Å². The summed E-state index contributed by atoms with van der Waals surface area (Å²) in [5.41, 5.74) is 0. The summed E-state index contributed by atoms with van der Waals surface area (Å²) in [7, 11) is 0. The van der Waals surface area contributed by atoms with Crippen LogP contribution in [0.15, 0.2) is 0 Å². The van der Waals surface area contributed by atoms with Crippen molar-refractivity contribution in [1.82, 2.24) is 10.6 Å². The van der Waals surface area contributed by atoms with E-state index in [0.717, 1.165) is 0 Å². The second kappa shape index (κ2) is 3.85. The van der Waals surface area contributed by atoms with Crippen molar-refractivity contribution in [1.29, 1.82) is 0 Å². The van der Waals surface area contributed by atoms with Gasteiger partial charge in [0.2, 0.25) is 11.8 Å². The minimum Gasteiger partial charge on any atom is -0.392 e. The van der Waals surface area contributed by atoms with Gasteiger partial charge < -0.3 is 10.4 Å². The molecule has 3 N–H and O–H groups in total. The van der Waals surface area contributed by atoms with Crippen LogP contribution in [0.25, 0.3) is 0 Å². The lowest BCUT2D eigenvalue weighted by Crippen LogP contribution is -2.45. The summed E-state index contributed by atoms with van der Waals surface area (Å²) in [4.78, 5) is 21.8. The van der Waals surface area contributed by atoms with Gasteiger partial charge in [0.25, 0.3) is 0 Å². The summed E-state index contributed by atoms with van der Waals surface area (Å²) in [6.07, 6.45) is -0.376. The van der Waals surface area contributed by atoms with Crippen molar-refractivity contribution in [2.45, 2.75) is 38.5 Å². The van der Waals surface area contributed by atoms with Crippen LogP contribution in [0, 0.1) is 0 Å². The largest absolute Gasteiger partial charge is 0.392 e. The van der Waals surface area contributed by atoms with Crippen molar-refractivity contribution >= 4 is 11.8 Å². The van der Waals surface area contributed by atoms with Gasteiger partial charge in [-0.05, 0) is 13.8 Å². The Morgan fingerprint density at radius 2 is 2.15 bits per heavy atom. The third-order valence-corrected chi connectivity index (χ3v) is 2.16. The summed E-state index contributed by atoms with van der Waals surface area (Å²) in [5.74, 6) is -0.571. The predicted octanol–water partition coefficient (Wildman–Crippen LogP) is -1.24. The van der Waals surface area contributed by atoms with E-state index in [9.17, 15) is 9.59 Å². The van der Waals surface area contributed by atoms with Crippen molar-refractivity contribution in [3.05, 3.63) is 0 Å². The van der Waals surface area contributed by atoms with E-state index in [0.29, 0.717) is 0 Å². The van der Waals surface area contributed by atoms with Crippen LogP contribution < -0.4 is 10.6 Å². The topological polar surface area (TPSA) is 78.4 Å². The highest BCUT2D eigenvalue weighted by Crippen LogP contribution is 2.03. The van der Waals surface area contributed by atoms with Crippen LogP contribution in [0.1, 0.15) is 20.3 Å². The van der Waals surface area contributed by atoms with Crippen LogP contribution in [0.2, 0.25) is 0 Å². The Hall–Kier alpha value is -0.940. The smallest absolute Gasteiger partial charge is 0.244 e. The number of aliphatic hydroxyl groups excluding tert-OH is 1. The molecule has 0 saturated carbocycles. The fourth-order valence-corrected chi connectivity index (χ4v) is 1.14. The highest BCUT2D eigenvalue weighted by atomic mass is 16.3. The molecule has 3 atom stereocenters. The molecule has 0 aliphatic carbocycles. The van der Waals surface area contributed by atoms with Crippen molar-refractivity contribution < 1.29 is 14.7 Å². The van der Waals surface area contributed by atoms with Crippen molar-refractivity contribution in [2.75, 3.05) is 0 Å². The first kappa shape index (κ1) is 10.1. The molecular formula is C8H14N2O3.